The molecule has 2 heterocycles. The van der Waals surface area contributed by atoms with Crippen LogP contribution in [-0.4, -0.2) is 38.7 Å². The highest BCUT2D eigenvalue weighted by Gasteiger charge is 2.20. The van der Waals surface area contributed by atoms with Crippen molar-refractivity contribution in [1.29, 1.82) is 5.26 Å². The zero-order valence-electron chi connectivity index (χ0n) is 16.8. The molecule has 0 unspecified atom stereocenters. The van der Waals surface area contributed by atoms with Gasteiger partial charge in [-0.15, -0.1) is 0 Å². The fourth-order valence-electron chi connectivity index (χ4n) is 3.03. The molecule has 8 nitrogen and oxygen atoms in total. The number of nitriles is 1. The van der Waals surface area contributed by atoms with Gasteiger partial charge in [-0.05, 0) is 24.0 Å². The fourth-order valence-corrected chi connectivity index (χ4v) is 3.03. The van der Waals surface area contributed by atoms with Crippen LogP contribution < -0.4 is 10.2 Å². The Hall–Kier alpha value is -3.47. The van der Waals surface area contributed by atoms with Crippen molar-refractivity contribution in [2.24, 2.45) is 5.41 Å². The Labute approximate surface area is 164 Å². The monoisotopic (exact) mass is 376 g/mol. The number of aromatic nitrogens is 5. The van der Waals surface area contributed by atoms with Gasteiger partial charge in [0.2, 0.25) is 0 Å². The van der Waals surface area contributed by atoms with Crippen LogP contribution in [0, 0.1) is 23.7 Å². The first kappa shape index (κ1) is 19.3. The molecule has 8 heteroatoms. The molecule has 28 heavy (non-hydrogen) atoms. The second kappa shape index (κ2) is 7.64. The predicted octanol–water partition coefficient (Wildman–Crippen LogP) is 3.67. The molecule has 0 atom stereocenters. The molecule has 3 rings (SSSR count). The number of aryl methyl sites for hydroxylation is 1. The third-order valence-electron chi connectivity index (χ3n) is 4.19. The maximum atomic E-state index is 9.78. The van der Waals surface area contributed by atoms with Gasteiger partial charge in [0, 0.05) is 24.8 Å². The summed E-state index contributed by atoms with van der Waals surface area (Å²) in [6.07, 6.45) is 2.95. The molecule has 3 aromatic rings. The van der Waals surface area contributed by atoms with Crippen molar-refractivity contribution in [1.82, 2.24) is 25.1 Å². The Morgan fingerprint density at radius 2 is 1.96 bits per heavy atom. The van der Waals surface area contributed by atoms with Gasteiger partial charge in [-0.2, -0.15) is 10.4 Å². The first-order valence-electron chi connectivity index (χ1n) is 8.98. The normalized spacial score (nSPS) is 11.1. The smallest absolute Gasteiger partial charge is 0.155 e. The van der Waals surface area contributed by atoms with Gasteiger partial charge in [-0.1, -0.05) is 32.9 Å². The summed E-state index contributed by atoms with van der Waals surface area (Å²) in [5.74, 6) is 1.77. The first-order chi connectivity index (χ1) is 13.3. The molecule has 0 fully saturated rings. The lowest BCUT2D eigenvalue weighted by Crippen LogP contribution is -2.30. The Bertz CT molecular complexity index is 996. The Balaban J connectivity index is 1.96. The highest BCUT2D eigenvalue weighted by atomic mass is 15.2. The van der Waals surface area contributed by atoms with E-state index in [0.29, 0.717) is 23.0 Å². The minimum absolute atomic E-state index is 0.0714. The minimum Gasteiger partial charge on any atom is -0.358 e. The number of nitrogens with zero attached hydrogens (tertiary/aromatic N) is 6. The van der Waals surface area contributed by atoms with E-state index >= 15 is 0 Å². The van der Waals surface area contributed by atoms with E-state index in [4.69, 9.17) is 0 Å². The van der Waals surface area contributed by atoms with Crippen molar-refractivity contribution in [3.63, 3.8) is 0 Å². The summed E-state index contributed by atoms with van der Waals surface area (Å²) in [5, 5.41) is 19.8. The Morgan fingerprint density at radius 3 is 2.61 bits per heavy atom. The van der Waals surface area contributed by atoms with Crippen LogP contribution >= 0.6 is 0 Å². The van der Waals surface area contributed by atoms with Gasteiger partial charge >= 0.3 is 0 Å². The van der Waals surface area contributed by atoms with Crippen LogP contribution in [0.3, 0.4) is 0 Å². The van der Waals surface area contributed by atoms with E-state index in [-0.39, 0.29) is 5.41 Å². The average molecular weight is 376 g/mol. The summed E-state index contributed by atoms with van der Waals surface area (Å²) >= 11 is 0. The third-order valence-corrected chi connectivity index (χ3v) is 4.19. The first-order valence-corrected chi connectivity index (χ1v) is 8.98. The number of benzene rings is 1. The summed E-state index contributed by atoms with van der Waals surface area (Å²) in [4.78, 5) is 14.8. The van der Waals surface area contributed by atoms with Gasteiger partial charge in [0.15, 0.2) is 17.5 Å². The molecule has 0 bridgehead atoms. The zero-order chi connectivity index (χ0) is 20.3. The molecule has 0 aliphatic carbocycles. The summed E-state index contributed by atoms with van der Waals surface area (Å²) in [7, 11) is 1.94. The van der Waals surface area contributed by atoms with Crippen LogP contribution in [0.5, 0.6) is 0 Å². The number of aromatic amines is 1. The molecule has 0 saturated carbocycles. The van der Waals surface area contributed by atoms with Gasteiger partial charge in [0.1, 0.15) is 24.3 Å². The van der Waals surface area contributed by atoms with Gasteiger partial charge < -0.3 is 10.2 Å². The van der Waals surface area contributed by atoms with Crippen LogP contribution in [0.2, 0.25) is 0 Å². The van der Waals surface area contributed by atoms with Crippen molar-refractivity contribution in [2.45, 2.75) is 27.7 Å². The molecule has 0 radical (unpaired) electrons. The van der Waals surface area contributed by atoms with Crippen molar-refractivity contribution >= 4 is 17.3 Å². The maximum absolute atomic E-state index is 9.78. The number of hydrogen-bond acceptors (Lipinski definition) is 7. The SMILES string of the molecule is Cc1ccc(-c2ncn[nH]2)cc1Nc1ncnc(N(C)CC(C)(C)C)c1C#N. The van der Waals surface area contributed by atoms with Crippen LogP contribution in [0.15, 0.2) is 30.9 Å². The standard InChI is InChI=1S/C20H24N8/c1-13-6-7-14(17-23-12-25-27-17)8-16(13)26-18-15(9-21)19(24-11-22-18)28(5)10-20(2,3)4/h6-8,11-12H,10H2,1-5H3,(H,22,24,26)(H,23,25,27). The van der Waals surface area contributed by atoms with Crippen molar-refractivity contribution < 1.29 is 0 Å². The lowest BCUT2D eigenvalue weighted by molar-refractivity contribution is 0.417. The zero-order valence-corrected chi connectivity index (χ0v) is 16.8. The second-order valence-electron chi connectivity index (χ2n) is 7.94. The molecule has 0 saturated heterocycles. The van der Waals surface area contributed by atoms with Crippen molar-refractivity contribution in [3.05, 3.63) is 42.0 Å². The van der Waals surface area contributed by atoms with Crippen molar-refractivity contribution in [2.75, 3.05) is 23.8 Å². The number of H-pyrrole nitrogens is 1. The highest BCUT2D eigenvalue weighted by Crippen LogP contribution is 2.29. The van der Waals surface area contributed by atoms with E-state index in [1.807, 2.05) is 37.1 Å². The van der Waals surface area contributed by atoms with Crippen molar-refractivity contribution in [3.8, 4) is 17.5 Å². The van der Waals surface area contributed by atoms with Gasteiger partial charge in [-0.25, -0.2) is 15.0 Å². The molecule has 1 aromatic carbocycles. The third kappa shape index (κ3) is 4.26. The molecule has 0 aliphatic heterocycles. The van der Waals surface area contributed by atoms with E-state index in [0.717, 1.165) is 23.4 Å². The summed E-state index contributed by atoms with van der Waals surface area (Å²) < 4.78 is 0. The summed E-state index contributed by atoms with van der Waals surface area (Å²) in [6.45, 7) is 9.20. The van der Waals surface area contributed by atoms with E-state index < -0.39 is 0 Å². The molecule has 0 aliphatic rings. The second-order valence-corrected chi connectivity index (χ2v) is 7.94. The van der Waals surface area contributed by atoms with Gasteiger partial charge in [0.25, 0.3) is 0 Å². The minimum atomic E-state index is 0.0714. The lowest BCUT2D eigenvalue weighted by Gasteiger charge is -2.28. The van der Waals surface area contributed by atoms with Gasteiger partial charge in [-0.3, -0.25) is 5.10 Å². The molecule has 2 aromatic heterocycles. The van der Waals surface area contributed by atoms with E-state index in [1.54, 1.807) is 0 Å². The largest absolute Gasteiger partial charge is 0.358 e. The molecule has 2 N–H and O–H groups in total. The Morgan fingerprint density at radius 1 is 1.18 bits per heavy atom. The molecular weight excluding hydrogens is 352 g/mol. The summed E-state index contributed by atoms with van der Waals surface area (Å²) in [6, 6.07) is 8.16. The van der Waals surface area contributed by atoms with E-state index in [1.165, 1.54) is 12.7 Å². The van der Waals surface area contributed by atoms with Crippen LogP contribution in [0.1, 0.15) is 31.9 Å². The quantitative estimate of drug-likeness (QED) is 0.699. The average Bonchev–Trinajstić information content (AvgIpc) is 3.16. The number of rotatable bonds is 5. The predicted molar refractivity (Wildman–Crippen MR) is 109 cm³/mol. The molecule has 0 amide bonds. The summed E-state index contributed by atoms with van der Waals surface area (Å²) in [5.41, 5.74) is 3.24. The number of nitrogens with one attached hydrogen (secondary N) is 2. The Kier molecular flexibility index (Phi) is 5.27. The van der Waals surface area contributed by atoms with E-state index in [9.17, 15) is 5.26 Å². The highest BCUT2D eigenvalue weighted by molar-refractivity contribution is 5.74. The molecule has 0 spiro atoms. The van der Waals surface area contributed by atoms with Gasteiger partial charge in [0.05, 0.1) is 0 Å². The fraction of sp³-hybridized carbons (Fsp3) is 0.350. The van der Waals surface area contributed by atoms with E-state index in [2.05, 4.69) is 57.3 Å². The number of hydrogen-bond donors (Lipinski definition) is 2. The van der Waals surface area contributed by atoms with Crippen LogP contribution in [0.25, 0.3) is 11.4 Å². The molecular formula is C20H24N8. The van der Waals surface area contributed by atoms with Crippen LogP contribution in [0.4, 0.5) is 17.3 Å². The molecule has 144 valence electrons. The number of anilines is 3. The lowest BCUT2D eigenvalue weighted by atomic mass is 9.96. The topological polar surface area (TPSA) is 106 Å². The maximum Gasteiger partial charge on any atom is 0.155 e. The van der Waals surface area contributed by atoms with Crippen LogP contribution in [-0.2, 0) is 0 Å².